The molecule has 0 aromatic heterocycles. The summed E-state index contributed by atoms with van der Waals surface area (Å²) in [6.45, 7) is 2.29. The molecule has 2 aliphatic rings. The molecular weight excluding hydrogens is 349 g/mol. The lowest BCUT2D eigenvalue weighted by Crippen LogP contribution is -2.38. The van der Waals surface area contributed by atoms with Crippen LogP contribution in [-0.4, -0.2) is 12.7 Å². The molecule has 2 aliphatic carbocycles. The largest absolute Gasteiger partial charge is 0.378 e. The fourth-order valence-corrected chi connectivity index (χ4v) is 5.69. The summed E-state index contributed by atoms with van der Waals surface area (Å²) in [6, 6.07) is 1.56. The fraction of sp³-hybridized carbons (Fsp3) is 0.880. The van der Waals surface area contributed by atoms with Crippen LogP contribution in [0.3, 0.4) is 0 Å². The van der Waals surface area contributed by atoms with Crippen molar-refractivity contribution in [3.8, 4) is 6.07 Å². The van der Waals surface area contributed by atoms with Gasteiger partial charge in [0.15, 0.2) is 5.83 Å². The third kappa shape index (κ3) is 7.51. The number of nitriles is 1. The lowest BCUT2D eigenvalue weighted by atomic mass is 9.67. The average molecular weight is 392 g/mol. The molecule has 0 aliphatic heterocycles. The first-order valence-corrected chi connectivity index (χ1v) is 11.9. The van der Waals surface area contributed by atoms with E-state index in [2.05, 4.69) is 6.92 Å². The number of halogens is 1. The second kappa shape index (κ2) is 12.6. The van der Waals surface area contributed by atoms with Crippen LogP contribution in [0.4, 0.5) is 4.39 Å². The van der Waals surface area contributed by atoms with Crippen LogP contribution in [0.1, 0.15) is 110 Å². The van der Waals surface area contributed by atoms with Crippen LogP contribution in [0.15, 0.2) is 11.9 Å². The molecule has 0 bridgehead atoms. The SMILES string of the molecule is CCCCCCC[C@H]1CC[C@H]([C@H]2CC[C@@](CCC=C(F)C#N)(OC)CC2)CC1. The van der Waals surface area contributed by atoms with Gasteiger partial charge in [-0.3, -0.25) is 0 Å². The highest BCUT2D eigenvalue weighted by molar-refractivity contribution is 5.11. The minimum Gasteiger partial charge on any atom is -0.378 e. The van der Waals surface area contributed by atoms with Crippen LogP contribution in [0.25, 0.3) is 0 Å². The zero-order chi connectivity index (χ0) is 20.2. The summed E-state index contributed by atoms with van der Waals surface area (Å²) in [4.78, 5) is 0. The van der Waals surface area contributed by atoms with Crippen LogP contribution < -0.4 is 0 Å². The van der Waals surface area contributed by atoms with Crippen LogP contribution in [0, 0.1) is 29.1 Å². The third-order valence-corrected chi connectivity index (χ3v) is 7.68. The number of hydrogen-bond acceptors (Lipinski definition) is 2. The zero-order valence-corrected chi connectivity index (χ0v) is 18.4. The van der Waals surface area contributed by atoms with E-state index < -0.39 is 5.83 Å². The molecule has 0 spiro atoms. The quantitative estimate of drug-likeness (QED) is 0.265. The van der Waals surface area contributed by atoms with Crippen LogP contribution in [0.5, 0.6) is 0 Å². The molecule has 0 atom stereocenters. The normalized spacial score (nSPS) is 31.5. The summed E-state index contributed by atoms with van der Waals surface area (Å²) >= 11 is 0. The van der Waals surface area contributed by atoms with Gasteiger partial charge in [0, 0.05) is 7.11 Å². The van der Waals surface area contributed by atoms with Crippen molar-refractivity contribution < 1.29 is 9.13 Å². The maximum atomic E-state index is 13.0. The van der Waals surface area contributed by atoms with Crippen molar-refractivity contribution in [2.24, 2.45) is 17.8 Å². The maximum Gasteiger partial charge on any atom is 0.196 e. The molecule has 160 valence electrons. The lowest BCUT2D eigenvalue weighted by molar-refractivity contribution is -0.0619. The molecule has 28 heavy (non-hydrogen) atoms. The molecule has 2 saturated carbocycles. The number of hydrogen-bond donors (Lipinski definition) is 0. The van der Waals surface area contributed by atoms with E-state index >= 15 is 0 Å². The molecule has 0 aromatic carbocycles. The first-order chi connectivity index (χ1) is 13.6. The van der Waals surface area contributed by atoms with Crippen molar-refractivity contribution in [3.05, 3.63) is 11.9 Å². The Morgan fingerprint density at radius 2 is 1.68 bits per heavy atom. The van der Waals surface area contributed by atoms with E-state index in [-0.39, 0.29) is 5.60 Å². The highest BCUT2D eigenvalue weighted by Gasteiger charge is 2.38. The zero-order valence-electron chi connectivity index (χ0n) is 18.4. The predicted molar refractivity (Wildman–Crippen MR) is 115 cm³/mol. The van der Waals surface area contributed by atoms with Gasteiger partial charge in [-0.05, 0) is 75.2 Å². The Labute approximate surface area is 172 Å². The first-order valence-electron chi connectivity index (χ1n) is 11.9. The Kier molecular flexibility index (Phi) is 10.6. The van der Waals surface area contributed by atoms with Crippen molar-refractivity contribution >= 4 is 0 Å². The highest BCUT2D eigenvalue weighted by Crippen LogP contribution is 2.45. The number of methoxy groups -OCH3 is 1. The standard InChI is InChI=1S/C25H42FNO/c1-3-4-5-6-7-9-21-11-13-22(14-12-21)23-15-18-25(28-2,19-16-23)17-8-10-24(26)20-27/h10,21-23H,3-9,11-19H2,1-2H3/t21-,22-,23-,25+. The summed E-state index contributed by atoms with van der Waals surface area (Å²) in [5.74, 6) is 2.10. The fourth-order valence-electron chi connectivity index (χ4n) is 5.69. The number of unbranched alkanes of at least 4 members (excludes halogenated alkanes) is 4. The maximum absolute atomic E-state index is 13.0. The number of ether oxygens (including phenoxy) is 1. The minimum atomic E-state index is -0.665. The smallest absolute Gasteiger partial charge is 0.196 e. The Bertz CT molecular complexity index is 493. The van der Waals surface area contributed by atoms with E-state index in [1.165, 1.54) is 83.1 Å². The van der Waals surface area contributed by atoms with E-state index in [0.29, 0.717) is 6.42 Å². The van der Waals surface area contributed by atoms with Gasteiger partial charge in [0.25, 0.3) is 0 Å². The average Bonchev–Trinajstić information content (AvgIpc) is 2.74. The molecule has 0 saturated heterocycles. The van der Waals surface area contributed by atoms with E-state index in [4.69, 9.17) is 10.00 Å². The van der Waals surface area contributed by atoms with E-state index in [0.717, 1.165) is 37.0 Å². The topological polar surface area (TPSA) is 33.0 Å². The van der Waals surface area contributed by atoms with Gasteiger partial charge in [0.05, 0.1) is 5.60 Å². The monoisotopic (exact) mass is 391 g/mol. The van der Waals surface area contributed by atoms with Gasteiger partial charge in [-0.15, -0.1) is 0 Å². The summed E-state index contributed by atoms with van der Waals surface area (Å²) < 4.78 is 18.9. The van der Waals surface area contributed by atoms with Crippen molar-refractivity contribution in [1.29, 1.82) is 5.26 Å². The Hall–Kier alpha value is -0.880. The molecule has 0 amide bonds. The lowest BCUT2D eigenvalue weighted by Gasteiger charge is -2.43. The molecule has 2 fully saturated rings. The molecule has 2 nitrogen and oxygen atoms in total. The summed E-state index contributed by atoms with van der Waals surface area (Å²) in [5.41, 5.74) is -0.0988. The highest BCUT2D eigenvalue weighted by atomic mass is 19.1. The molecule has 3 heteroatoms. The van der Waals surface area contributed by atoms with Crippen LogP contribution in [0.2, 0.25) is 0 Å². The van der Waals surface area contributed by atoms with Crippen molar-refractivity contribution in [2.45, 2.75) is 115 Å². The summed E-state index contributed by atoms with van der Waals surface area (Å²) in [5, 5.41) is 8.55. The van der Waals surface area contributed by atoms with Gasteiger partial charge in [0.2, 0.25) is 0 Å². The van der Waals surface area contributed by atoms with E-state index in [1.807, 2.05) is 0 Å². The second-order valence-corrected chi connectivity index (χ2v) is 9.41. The Balaban J connectivity index is 1.67. The molecule has 0 heterocycles. The molecule has 0 unspecified atom stereocenters. The molecule has 0 N–H and O–H groups in total. The summed E-state index contributed by atoms with van der Waals surface area (Å²) in [7, 11) is 1.80. The van der Waals surface area contributed by atoms with E-state index in [1.54, 1.807) is 13.2 Å². The van der Waals surface area contributed by atoms with Crippen molar-refractivity contribution in [3.63, 3.8) is 0 Å². The van der Waals surface area contributed by atoms with Gasteiger partial charge in [-0.1, -0.05) is 58.3 Å². The van der Waals surface area contributed by atoms with Gasteiger partial charge < -0.3 is 4.74 Å². The Morgan fingerprint density at radius 3 is 2.29 bits per heavy atom. The van der Waals surface area contributed by atoms with E-state index in [9.17, 15) is 4.39 Å². The number of allylic oxidation sites excluding steroid dienone is 2. The van der Waals surface area contributed by atoms with Crippen LogP contribution >= 0.6 is 0 Å². The first kappa shape index (κ1) is 23.4. The predicted octanol–water partition coefficient (Wildman–Crippen LogP) is 7.89. The molecule has 2 rings (SSSR count). The van der Waals surface area contributed by atoms with Gasteiger partial charge in [-0.2, -0.15) is 9.65 Å². The van der Waals surface area contributed by atoms with Gasteiger partial charge in [0.1, 0.15) is 6.07 Å². The molecule has 0 radical (unpaired) electrons. The molecule has 0 aromatic rings. The van der Waals surface area contributed by atoms with Crippen molar-refractivity contribution in [2.75, 3.05) is 7.11 Å². The second-order valence-electron chi connectivity index (χ2n) is 9.41. The van der Waals surface area contributed by atoms with Crippen LogP contribution in [-0.2, 0) is 4.74 Å². The minimum absolute atomic E-state index is 0.0988. The third-order valence-electron chi connectivity index (χ3n) is 7.68. The number of rotatable bonds is 11. The number of nitrogens with zero attached hydrogens (tertiary/aromatic N) is 1. The Morgan fingerprint density at radius 1 is 1.04 bits per heavy atom. The molecular formula is C25H42FNO. The summed E-state index contributed by atoms with van der Waals surface area (Å²) in [6.07, 6.45) is 21.8. The van der Waals surface area contributed by atoms with Gasteiger partial charge in [-0.25, -0.2) is 0 Å². The van der Waals surface area contributed by atoms with Gasteiger partial charge >= 0.3 is 0 Å². The van der Waals surface area contributed by atoms with Crippen molar-refractivity contribution in [1.82, 2.24) is 0 Å².